The van der Waals surface area contributed by atoms with Crippen LogP contribution < -0.4 is 10.5 Å². The molecule has 194 valence electrons. The van der Waals surface area contributed by atoms with Gasteiger partial charge in [-0.3, -0.25) is 9.69 Å². The van der Waals surface area contributed by atoms with Crippen molar-refractivity contribution in [2.45, 2.75) is 57.9 Å². The second-order valence-corrected chi connectivity index (χ2v) is 9.67. The van der Waals surface area contributed by atoms with Crippen LogP contribution in [-0.2, 0) is 24.3 Å². The van der Waals surface area contributed by atoms with Crippen molar-refractivity contribution in [1.82, 2.24) is 19.4 Å². The molecule has 0 spiro atoms. The quantitative estimate of drug-likeness (QED) is 0.425. The Labute approximate surface area is 199 Å². The lowest BCUT2D eigenvalue weighted by molar-refractivity contribution is -0.141. The van der Waals surface area contributed by atoms with Crippen molar-refractivity contribution in [2.75, 3.05) is 37.6 Å². The van der Waals surface area contributed by atoms with Crippen LogP contribution in [0.15, 0.2) is 29.2 Å². The minimum absolute atomic E-state index is 0.134. The molecular weight excluding hydrogens is 476 g/mol. The van der Waals surface area contributed by atoms with Gasteiger partial charge in [0.1, 0.15) is 17.3 Å². The van der Waals surface area contributed by atoms with Crippen LogP contribution in [0, 0.1) is 0 Å². The maximum atomic E-state index is 13.4. The summed E-state index contributed by atoms with van der Waals surface area (Å²) in [5, 5.41) is 0. The highest BCUT2D eigenvalue weighted by atomic mass is 19.4. The Balaban J connectivity index is 1.54. The van der Waals surface area contributed by atoms with E-state index in [2.05, 4.69) is 14.9 Å². The van der Waals surface area contributed by atoms with Gasteiger partial charge in [-0.2, -0.15) is 26.3 Å². The van der Waals surface area contributed by atoms with Crippen LogP contribution in [0.3, 0.4) is 0 Å². The normalized spacial score (nSPS) is 16.1. The molecule has 1 saturated heterocycles. The Kier molecular flexibility index (Phi) is 7.83. The largest absolute Gasteiger partial charge is 0.433 e. The van der Waals surface area contributed by atoms with E-state index >= 15 is 0 Å². The van der Waals surface area contributed by atoms with Crippen LogP contribution in [0.5, 0.6) is 0 Å². The summed E-state index contributed by atoms with van der Waals surface area (Å²) in [6.07, 6.45) is -7.04. The third-order valence-electron chi connectivity index (χ3n) is 5.80. The van der Waals surface area contributed by atoms with Gasteiger partial charge in [-0.05, 0) is 25.5 Å². The summed E-state index contributed by atoms with van der Waals surface area (Å²) in [5.41, 5.74) is -2.94. The van der Waals surface area contributed by atoms with Crippen LogP contribution in [-0.4, -0.2) is 52.2 Å². The zero-order valence-corrected chi connectivity index (χ0v) is 19.9. The Hall–Kier alpha value is -2.63. The van der Waals surface area contributed by atoms with E-state index in [4.69, 9.17) is 0 Å². The fraction of sp³-hybridized carbons (Fsp3) is 0.609. The van der Waals surface area contributed by atoms with E-state index in [0.717, 1.165) is 29.0 Å². The molecule has 2 aromatic rings. The first kappa shape index (κ1) is 27.0. The maximum Gasteiger partial charge on any atom is 0.433 e. The summed E-state index contributed by atoms with van der Waals surface area (Å²) in [6.45, 7) is 8.34. The van der Waals surface area contributed by atoms with Crippen molar-refractivity contribution in [3.05, 3.63) is 51.8 Å². The average molecular weight is 506 g/mol. The number of unbranched alkanes of at least 4 members (excludes halogenated alkanes) is 1. The minimum atomic E-state index is -4.57. The van der Waals surface area contributed by atoms with Crippen molar-refractivity contribution >= 4 is 5.82 Å². The van der Waals surface area contributed by atoms with Crippen LogP contribution in [0.1, 0.15) is 50.7 Å². The molecule has 12 heteroatoms. The molecule has 0 unspecified atom stereocenters. The molecule has 6 nitrogen and oxygen atoms in total. The summed E-state index contributed by atoms with van der Waals surface area (Å²) < 4.78 is 79.8. The van der Waals surface area contributed by atoms with Crippen molar-refractivity contribution in [2.24, 2.45) is 0 Å². The standard InChI is InChI=1S/C23H29F6N5O/c1-21(2,3)20-30-17(23(27,28)29)14-18(31-20)33-12-10-32(11-13-33)8-4-5-9-34-15-16(22(24,25)26)6-7-19(34)35/h6-7,14-15H,4-5,8-13H2,1-3H3. The van der Waals surface area contributed by atoms with Gasteiger partial charge >= 0.3 is 12.4 Å². The number of alkyl halides is 6. The molecule has 0 atom stereocenters. The summed E-state index contributed by atoms with van der Waals surface area (Å²) in [6, 6.07) is 2.68. The number of piperazine rings is 1. The van der Waals surface area contributed by atoms with Crippen molar-refractivity contribution in [3.63, 3.8) is 0 Å². The molecule has 0 bridgehead atoms. The molecule has 0 aliphatic carbocycles. The number of halogens is 6. The lowest BCUT2D eigenvalue weighted by atomic mass is 9.95. The second kappa shape index (κ2) is 10.2. The topological polar surface area (TPSA) is 54.3 Å². The first-order valence-electron chi connectivity index (χ1n) is 11.4. The molecule has 3 rings (SSSR count). The molecule has 0 amide bonds. The predicted octanol–water partition coefficient (Wildman–Crippen LogP) is 4.58. The van der Waals surface area contributed by atoms with E-state index in [-0.39, 0.29) is 18.2 Å². The van der Waals surface area contributed by atoms with E-state index < -0.39 is 34.6 Å². The molecule has 0 saturated carbocycles. The molecule has 2 aromatic heterocycles. The van der Waals surface area contributed by atoms with Crippen molar-refractivity contribution in [3.8, 4) is 0 Å². The Morgan fingerprint density at radius 3 is 2.06 bits per heavy atom. The van der Waals surface area contributed by atoms with Gasteiger partial charge in [0.25, 0.3) is 5.56 Å². The van der Waals surface area contributed by atoms with Crippen LogP contribution in [0.25, 0.3) is 0 Å². The van der Waals surface area contributed by atoms with Crippen LogP contribution in [0.4, 0.5) is 32.2 Å². The third-order valence-corrected chi connectivity index (χ3v) is 5.80. The highest BCUT2D eigenvalue weighted by molar-refractivity contribution is 5.42. The number of pyridine rings is 1. The Bertz CT molecular complexity index is 1030. The summed E-state index contributed by atoms with van der Waals surface area (Å²) in [5.74, 6) is 0.385. The summed E-state index contributed by atoms with van der Waals surface area (Å²) in [7, 11) is 0. The zero-order chi connectivity index (χ0) is 26.0. The van der Waals surface area contributed by atoms with Crippen molar-refractivity contribution in [1.29, 1.82) is 0 Å². The minimum Gasteiger partial charge on any atom is -0.354 e. The van der Waals surface area contributed by atoms with Gasteiger partial charge in [0, 0.05) is 56.5 Å². The van der Waals surface area contributed by atoms with Gasteiger partial charge in [-0.15, -0.1) is 0 Å². The lowest BCUT2D eigenvalue weighted by Gasteiger charge is -2.36. The smallest absolute Gasteiger partial charge is 0.354 e. The van der Waals surface area contributed by atoms with Crippen LogP contribution in [0.2, 0.25) is 0 Å². The molecule has 1 fully saturated rings. The van der Waals surface area contributed by atoms with Gasteiger partial charge in [-0.25, -0.2) is 9.97 Å². The number of rotatable bonds is 6. The second-order valence-electron chi connectivity index (χ2n) is 9.67. The zero-order valence-electron chi connectivity index (χ0n) is 19.9. The first-order chi connectivity index (χ1) is 16.1. The molecule has 3 heterocycles. The molecule has 1 aliphatic rings. The predicted molar refractivity (Wildman–Crippen MR) is 119 cm³/mol. The molecular formula is C23H29F6N5O. The number of hydrogen-bond acceptors (Lipinski definition) is 5. The number of aromatic nitrogens is 3. The van der Waals surface area contributed by atoms with Gasteiger partial charge in [0.15, 0.2) is 0 Å². The van der Waals surface area contributed by atoms with Crippen LogP contribution >= 0.6 is 0 Å². The average Bonchev–Trinajstić information content (AvgIpc) is 2.76. The highest BCUT2D eigenvalue weighted by Crippen LogP contribution is 2.32. The fourth-order valence-corrected chi connectivity index (χ4v) is 3.77. The van der Waals surface area contributed by atoms with Gasteiger partial charge in [-0.1, -0.05) is 20.8 Å². The molecule has 1 aliphatic heterocycles. The van der Waals surface area contributed by atoms with E-state index in [1.54, 1.807) is 20.8 Å². The summed E-state index contributed by atoms with van der Waals surface area (Å²) >= 11 is 0. The SMILES string of the molecule is CC(C)(C)c1nc(N2CCN(CCCCn3cc(C(F)(F)F)ccc3=O)CC2)cc(C(F)(F)F)n1. The molecule has 35 heavy (non-hydrogen) atoms. The third kappa shape index (κ3) is 7.18. The monoisotopic (exact) mass is 505 g/mol. The number of hydrogen-bond donors (Lipinski definition) is 0. The van der Waals surface area contributed by atoms with Gasteiger partial charge in [0.05, 0.1) is 5.56 Å². The van der Waals surface area contributed by atoms with E-state index in [9.17, 15) is 31.1 Å². The molecule has 0 aromatic carbocycles. The summed E-state index contributed by atoms with van der Waals surface area (Å²) in [4.78, 5) is 23.9. The maximum absolute atomic E-state index is 13.4. The fourth-order valence-electron chi connectivity index (χ4n) is 3.77. The highest BCUT2D eigenvalue weighted by Gasteiger charge is 2.36. The Morgan fingerprint density at radius 1 is 0.857 bits per heavy atom. The van der Waals surface area contributed by atoms with E-state index in [1.807, 2.05) is 4.90 Å². The molecule has 0 N–H and O–H groups in total. The number of nitrogens with zero attached hydrogens (tertiary/aromatic N) is 5. The van der Waals surface area contributed by atoms with Crippen molar-refractivity contribution < 1.29 is 26.3 Å². The van der Waals surface area contributed by atoms with Gasteiger partial charge < -0.3 is 9.47 Å². The lowest BCUT2D eigenvalue weighted by Crippen LogP contribution is -2.47. The molecule has 0 radical (unpaired) electrons. The Morgan fingerprint density at radius 2 is 1.49 bits per heavy atom. The van der Waals surface area contributed by atoms with E-state index in [0.29, 0.717) is 45.6 Å². The number of aryl methyl sites for hydroxylation is 1. The van der Waals surface area contributed by atoms with Gasteiger partial charge in [0.2, 0.25) is 0 Å². The van der Waals surface area contributed by atoms with E-state index in [1.165, 1.54) is 0 Å². The first-order valence-corrected chi connectivity index (χ1v) is 11.4. The number of anilines is 1.